The van der Waals surface area contributed by atoms with Gasteiger partial charge in [0, 0.05) is 18.3 Å². The third-order valence-electron chi connectivity index (χ3n) is 4.40. The van der Waals surface area contributed by atoms with Crippen LogP contribution in [-0.2, 0) is 6.54 Å². The molecule has 4 rings (SSSR count). The number of carbonyl (C=O) groups excluding carboxylic acids is 1. The lowest BCUT2D eigenvalue weighted by Crippen LogP contribution is -2.22. The second-order valence-electron chi connectivity index (χ2n) is 6.48. The van der Waals surface area contributed by atoms with Crippen LogP contribution in [0, 0.1) is 6.92 Å². The van der Waals surface area contributed by atoms with Gasteiger partial charge in [0.25, 0.3) is 5.91 Å². The molecule has 0 bridgehead atoms. The van der Waals surface area contributed by atoms with E-state index >= 15 is 0 Å². The first-order valence-electron chi connectivity index (χ1n) is 8.94. The van der Waals surface area contributed by atoms with E-state index in [0.717, 1.165) is 11.3 Å². The Morgan fingerprint density at radius 3 is 2.50 bits per heavy atom. The molecule has 0 radical (unpaired) electrons. The summed E-state index contributed by atoms with van der Waals surface area (Å²) in [5, 5.41) is 4.08. The van der Waals surface area contributed by atoms with Crippen molar-refractivity contribution in [1.29, 1.82) is 0 Å². The zero-order chi connectivity index (χ0) is 19.3. The highest BCUT2D eigenvalue weighted by atomic mass is 16.1. The van der Waals surface area contributed by atoms with Crippen LogP contribution in [0.15, 0.2) is 90.6 Å². The monoisotopic (exact) mass is 369 g/mol. The highest BCUT2D eigenvalue weighted by Gasteiger charge is 2.06. The van der Waals surface area contributed by atoms with Crippen LogP contribution in [0.5, 0.6) is 0 Å². The summed E-state index contributed by atoms with van der Waals surface area (Å²) in [6, 6.07) is 21.1. The molecule has 138 valence electrons. The minimum absolute atomic E-state index is 0.283. The average Bonchev–Trinajstić information content (AvgIpc) is 3.26. The number of pyridine rings is 1. The number of hydrogen-bond acceptors (Lipinski definition) is 3. The van der Waals surface area contributed by atoms with Crippen molar-refractivity contribution in [3.8, 4) is 5.69 Å². The highest BCUT2D eigenvalue weighted by molar-refractivity contribution is 5.95. The maximum Gasteiger partial charge on any atom is 0.278 e. The Labute approximate surface area is 162 Å². The molecular weight excluding hydrogens is 350 g/mol. The fraction of sp³-hybridized carbons (Fsp3) is 0.0909. The first-order chi connectivity index (χ1) is 13.7. The van der Waals surface area contributed by atoms with Crippen molar-refractivity contribution >= 4 is 5.91 Å². The fourth-order valence-corrected chi connectivity index (χ4v) is 2.86. The fourth-order valence-electron chi connectivity index (χ4n) is 2.86. The highest BCUT2D eigenvalue weighted by Crippen LogP contribution is 2.09. The second-order valence-corrected chi connectivity index (χ2v) is 6.48. The molecule has 28 heavy (non-hydrogen) atoms. The number of aromatic nitrogens is 4. The molecule has 0 N–H and O–H groups in total. The molecular formula is C22H19N5O. The molecule has 6 nitrogen and oxygen atoms in total. The SMILES string of the molecule is Cc1ccc(Cn2ccccc2=NC(=O)c2ccc(-n3cncn3)cc2)cc1. The van der Waals surface area contributed by atoms with E-state index in [2.05, 4.69) is 46.3 Å². The Morgan fingerprint density at radius 2 is 1.79 bits per heavy atom. The predicted octanol–water partition coefficient (Wildman–Crippen LogP) is 3.17. The smallest absolute Gasteiger partial charge is 0.278 e. The molecule has 0 fully saturated rings. The third kappa shape index (κ3) is 3.96. The molecule has 6 heteroatoms. The molecule has 0 aliphatic heterocycles. The summed E-state index contributed by atoms with van der Waals surface area (Å²) >= 11 is 0. The Morgan fingerprint density at radius 1 is 1.00 bits per heavy atom. The number of rotatable bonds is 4. The topological polar surface area (TPSA) is 65.1 Å². The van der Waals surface area contributed by atoms with Gasteiger partial charge in [-0.1, -0.05) is 35.9 Å². The van der Waals surface area contributed by atoms with E-state index in [-0.39, 0.29) is 5.91 Å². The predicted molar refractivity (Wildman–Crippen MR) is 106 cm³/mol. The molecule has 0 saturated heterocycles. The summed E-state index contributed by atoms with van der Waals surface area (Å²) in [5.74, 6) is -0.283. The lowest BCUT2D eigenvalue weighted by atomic mass is 10.1. The van der Waals surface area contributed by atoms with E-state index < -0.39 is 0 Å². The first-order valence-corrected chi connectivity index (χ1v) is 8.94. The van der Waals surface area contributed by atoms with Gasteiger partial charge < -0.3 is 4.57 Å². The van der Waals surface area contributed by atoms with Crippen LogP contribution in [0.2, 0.25) is 0 Å². The first kappa shape index (κ1) is 17.6. The van der Waals surface area contributed by atoms with E-state index in [1.165, 1.54) is 11.9 Å². The summed E-state index contributed by atoms with van der Waals surface area (Å²) in [6.07, 6.45) is 5.01. The summed E-state index contributed by atoms with van der Waals surface area (Å²) in [7, 11) is 0. The number of hydrogen-bond donors (Lipinski definition) is 0. The third-order valence-corrected chi connectivity index (χ3v) is 4.40. The Kier molecular flexibility index (Phi) is 4.93. The van der Waals surface area contributed by atoms with Gasteiger partial charge in [0.15, 0.2) is 0 Å². The molecule has 0 unspecified atom stereocenters. The Hall–Kier alpha value is -3.80. The van der Waals surface area contributed by atoms with E-state index in [4.69, 9.17) is 0 Å². The minimum atomic E-state index is -0.283. The van der Waals surface area contributed by atoms with Crippen molar-refractivity contribution < 1.29 is 4.79 Å². The summed E-state index contributed by atoms with van der Waals surface area (Å²) in [6.45, 7) is 2.71. The van der Waals surface area contributed by atoms with Crippen LogP contribution >= 0.6 is 0 Å². The van der Waals surface area contributed by atoms with Crippen LogP contribution in [-0.4, -0.2) is 25.2 Å². The van der Waals surface area contributed by atoms with E-state index in [0.29, 0.717) is 17.6 Å². The molecule has 2 heterocycles. The molecule has 4 aromatic rings. The molecule has 2 aromatic heterocycles. The van der Waals surface area contributed by atoms with E-state index in [1.54, 1.807) is 23.1 Å². The standard InChI is InChI=1S/C22H19N5O/c1-17-5-7-18(8-6-17)14-26-13-3-2-4-21(26)25-22(28)19-9-11-20(12-10-19)27-16-23-15-24-27/h2-13,15-16H,14H2,1H3. The molecule has 0 saturated carbocycles. The number of aryl methyl sites for hydroxylation is 1. The Bertz CT molecular complexity index is 1140. The number of benzene rings is 2. The zero-order valence-corrected chi connectivity index (χ0v) is 15.4. The summed E-state index contributed by atoms with van der Waals surface area (Å²) in [4.78, 5) is 20.9. The molecule has 0 aliphatic carbocycles. The summed E-state index contributed by atoms with van der Waals surface area (Å²) in [5.41, 5.74) is 4.35. The van der Waals surface area contributed by atoms with Crippen LogP contribution in [0.4, 0.5) is 0 Å². The molecule has 0 spiro atoms. The number of amides is 1. The lowest BCUT2D eigenvalue weighted by Gasteiger charge is -2.08. The van der Waals surface area contributed by atoms with Gasteiger partial charge in [0.1, 0.15) is 18.1 Å². The van der Waals surface area contributed by atoms with Crippen molar-refractivity contribution in [2.24, 2.45) is 4.99 Å². The maximum atomic E-state index is 12.6. The number of carbonyl (C=O) groups is 1. The van der Waals surface area contributed by atoms with Crippen molar-refractivity contribution in [3.05, 3.63) is 108 Å². The Balaban J connectivity index is 1.60. The van der Waals surface area contributed by atoms with Gasteiger partial charge in [-0.3, -0.25) is 4.79 Å². The van der Waals surface area contributed by atoms with Gasteiger partial charge in [-0.25, -0.2) is 9.67 Å². The van der Waals surface area contributed by atoms with Crippen molar-refractivity contribution in [1.82, 2.24) is 19.3 Å². The van der Waals surface area contributed by atoms with E-state index in [9.17, 15) is 4.79 Å². The zero-order valence-electron chi connectivity index (χ0n) is 15.4. The lowest BCUT2D eigenvalue weighted by molar-refractivity contribution is 0.0997. The van der Waals surface area contributed by atoms with Gasteiger partial charge in [-0.2, -0.15) is 10.1 Å². The molecule has 0 aliphatic rings. The second kappa shape index (κ2) is 7.84. The largest absolute Gasteiger partial charge is 0.328 e. The van der Waals surface area contributed by atoms with Crippen molar-refractivity contribution in [2.45, 2.75) is 13.5 Å². The molecule has 2 aromatic carbocycles. The molecule has 1 amide bonds. The summed E-state index contributed by atoms with van der Waals surface area (Å²) < 4.78 is 3.60. The quantitative estimate of drug-likeness (QED) is 0.555. The van der Waals surface area contributed by atoms with Gasteiger partial charge in [-0.05, 0) is 48.9 Å². The van der Waals surface area contributed by atoms with Crippen molar-refractivity contribution in [2.75, 3.05) is 0 Å². The van der Waals surface area contributed by atoms with Gasteiger partial charge in [0.2, 0.25) is 0 Å². The van der Waals surface area contributed by atoms with Crippen molar-refractivity contribution in [3.63, 3.8) is 0 Å². The van der Waals surface area contributed by atoms with Crippen LogP contribution in [0.25, 0.3) is 5.69 Å². The van der Waals surface area contributed by atoms with E-state index in [1.807, 2.05) is 41.1 Å². The van der Waals surface area contributed by atoms with Crippen LogP contribution in [0.1, 0.15) is 21.5 Å². The number of nitrogens with zero attached hydrogens (tertiary/aromatic N) is 5. The normalized spacial score (nSPS) is 11.5. The molecule has 0 atom stereocenters. The van der Waals surface area contributed by atoms with Gasteiger partial charge in [0.05, 0.1) is 5.69 Å². The van der Waals surface area contributed by atoms with Crippen LogP contribution in [0.3, 0.4) is 0 Å². The van der Waals surface area contributed by atoms with Gasteiger partial charge in [-0.15, -0.1) is 0 Å². The average molecular weight is 369 g/mol. The maximum absolute atomic E-state index is 12.6. The van der Waals surface area contributed by atoms with Crippen LogP contribution < -0.4 is 5.49 Å². The minimum Gasteiger partial charge on any atom is -0.328 e. The van der Waals surface area contributed by atoms with Gasteiger partial charge >= 0.3 is 0 Å².